The third kappa shape index (κ3) is 3.39. The number of rotatable bonds is 7. The molecule has 1 aliphatic heterocycles. The number of amides is 2. The summed E-state index contributed by atoms with van der Waals surface area (Å²) in [5.74, 6) is 1.08. The van der Waals surface area contributed by atoms with Crippen molar-refractivity contribution in [1.29, 1.82) is 0 Å². The van der Waals surface area contributed by atoms with Gasteiger partial charge in [-0.25, -0.2) is 0 Å². The molecule has 2 amide bonds. The second-order valence-electron chi connectivity index (χ2n) is 8.53. The van der Waals surface area contributed by atoms with Crippen molar-refractivity contribution < 1.29 is 19.1 Å². The van der Waals surface area contributed by atoms with Gasteiger partial charge in [0.25, 0.3) is 0 Å². The first-order valence-corrected chi connectivity index (χ1v) is 10.3. The first kappa shape index (κ1) is 19.2. The van der Waals surface area contributed by atoms with Crippen LogP contribution in [-0.4, -0.2) is 55.2 Å². The first-order chi connectivity index (χ1) is 13.5. The molecule has 1 heterocycles. The normalized spacial score (nSPS) is 22.4. The van der Waals surface area contributed by atoms with Crippen molar-refractivity contribution in [3.8, 4) is 5.75 Å². The highest BCUT2D eigenvalue weighted by atomic mass is 16.5. The molecule has 2 saturated carbocycles. The Balaban J connectivity index is 1.41. The van der Waals surface area contributed by atoms with Crippen LogP contribution in [0.15, 0.2) is 24.3 Å². The Bertz CT molecular complexity index is 747. The van der Waals surface area contributed by atoms with E-state index in [2.05, 4.69) is 5.32 Å². The highest BCUT2D eigenvalue weighted by molar-refractivity contribution is 5.83. The highest BCUT2D eigenvalue weighted by Crippen LogP contribution is 2.52. The Morgan fingerprint density at radius 1 is 1.18 bits per heavy atom. The van der Waals surface area contributed by atoms with Crippen molar-refractivity contribution >= 4 is 11.8 Å². The zero-order valence-corrected chi connectivity index (χ0v) is 16.8. The van der Waals surface area contributed by atoms with E-state index in [1.165, 1.54) is 0 Å². The molecule has 1 N–H and O–H groups in total. The number of carbonyl (C=O) groups excluding carboxylic acids is 2. The zero-order chi connectivity index (χ0) is 19.8. The van der Waals surface area contributed by atoms with Crippen molar-refractivity contribution in [1.82, 2.24) is 10.2 Å². The second-order valence-corrected chi connectivity index (χ2v) is 8.53. The molecule has 1 saturated heterocycles. The third-order valence-corrected chi connectivity index (χ3v) is 6.82. The predicted molar refractivity (Wildman–Crippen MR) is 105 cm³/mol. The Hall–Kier alpha value is -2.08. The van der Waals surface area contributed by atoms with Crippen LogP contribution in [0.4, 0.5) is 0 Å². The van der Waals surface area contributed by atoms with Crippen LogP contribution < -0.4 is 10.1 Å². The summed E-state index contributed by atoms with van der Waals surface area (Å²) in [6, 6.07) is 7.60. The maximum Gasteiger partial charge on any atom is 0.227 e. The van der Waals surface area contributed by atoms with Gasteiger partial charge in [-0.05, 0) is 43.4 Å². The molecule has 4 rings (SSSR count). The van der Waals surface area contributed by atoms with Gasteiger partial charge in [0.2, 0.25) is 11.8 Å². The number of nitrogens with zero attached hydrogens (tertiary/aromatic N) is 1. The van der Waals surface area contributed by atoms with E-state index in [4.69, 9.17) is 9.47 Å². The van der Waals surface area contributed by atoms with E-state index < -0.39 is 5.54 Å². The number of ether oxygens (including phenoxy) is 2. The van der Waals surface area contributed by atoms with Crippen molar-refractivity contribution in [2.24, 2.45) is 5.92 Å². The van der Waals surface area contributed by atoms with Crippen LogP contribution in [0.2, 0.25) is 0 Å². The minimum atomic E-state index is -0.439. The Kier molecular flexibility index (Phi) is 5.08. The number of hydrogen-bond donors (Lipinski definition) is 1. The SMILES string of the molecule is COc1cccc(CC(=O)N2CC(NC(=O)C3CCCC3)(C3(OC)CC3)C2)c1. The van der Waals surface area contributed by atoms with Gasteiger partial charge >= 0.3 is 0 Å². The van der Waals surface area contributed by atoms with Crippen LogP contribution in [0.3, 0.4) is 0 Å². The van der Waals surface area contributed by atoms with E-state index in [0.29, 0.717) is 19.5 Å². The molecule has 3 fully saturated rings. The summed E-state index contributed by atoms with van der Waals surface area (Å²) >= 11 is 0. The summed E-state index contributed by atoms with van der Waals surface area (Å²) < 4.78 is 11.1. The van der Waals surface area contributed by atoms with Gasteiger partial charge in [0.15, 0.2) is 0 Å². The number of nitrogens with one attached hydrogen (secondary N) is 1. The number of carbonyl (C=O) groups is 2. The van der Waals surface area contributed by atoms with Crippen LogP contribution in [0.1, 0.15) is 44.1 Å². The number of benzene rings is 1. The van der Waals surface area contributed by atoms with Crippen molar-refractivity contribution in [3.05, 3.63) is 29.8 Å². The maximum absolute atomic E-state index is 12.8. The van der Waals surface area contributed by atoms with Crippen molar-refractivity contribution in [2.75, 3.05) is 27.3 Å². The molecule has 0 spiro atoms. The number of methoxy groups -OCH3 is 2. The molecule has 0 atom stereocenters. The molecule has 152 valence electrons. The van der Waals surface area contributed by atoms with Gasteiger partial charge in [0, 0.05) is 26.1 Å². The van der Waals surface area contributed by atoms with E-state index in [9.17, 15) is 9.59 Å². The number of likely N-dealkylation sites (tertiary alicyclic amines) is 1. The molecule has 2 aliphatic carbocycles. The van der Waals surface area contributed by atoms with Gasteiger partial charge < -0.3 is 19.7 Å². The molecular weight excluding hydrogens is 356 g/mol. The van der Waals surface area contributed by atoms with Crippen LogP contribution in [0, 0.1) is 5.92 Å². The summed E-state index contributed by atoms with van der Waals surface area (Å²) in [7, 11) is 3.34. The lowest BCUT2D eigenvalue weighted by atomic mass is 9.80. The number of hydrogen-bond acceptors (Lipinski definition) is 4. The Morgan fingerprint density at radius 3 is 2.50 bits per heavy atom. The first-order valence-electron chi connectivity index (χ1n) is 10.3. The molecule has 0 radical (unpaired) electrons. The standard InChI is InChI=1S/C22H30N2O4/c1-27-18-9-5-6-16(12-18)13-19(25)24-14-21(15-24,22(28-2)10-11-22)23-20(26)17-7-3-4-8-17/h5-6,9,12,17H,3-4,7-8,10-11,13-15H2,1-2H3,(H,23,26). The minimum absolute atomic E-state index is 0.0749. The van der Waals surface area contributed by atoms with Gasteiger partial charge in [0.1, 0.15) is 11.3 Å². The minimum Gasteiger partial charge on any atom is -0.497 e. The highest BCUT2D eigenvalue weighted by Gasteiger charge is 2.66. The fourth-order valence-corrected chi connectivity index (χ4v) is 4.85. The van der Waals surface area contributed by atoms with E-state index in [-0.39, 0.29) is 23.3 Å². The molecule has 28 heavy (non-hydrogen) atoms. The van der Waals surface area contributed by atoms with Crippen molar-refractivity contribution in [2.45, 2.75) is 56.1 Å². The quantitative estimate of drug-likeness (QED) is 0.781. The molecule has 0 bridgehead atoms. The molecule has 6 heteroatoms. The lowest BCUT2D eigenvalue weighted by Gasteiger charge is -2.54. The summed E-state index contributed by atoms with van der Waals surface area (Å²) in [6.45, 7) is 1.06. The lowest BCUT2D eigenvalue weighted by Crippen LogP contribution is -2.78. The molecule has 0 unspecified atom stereocenters. The second kappa shape index (κ2) is 7.39. The molecule has 1 aromatic carbocycles. The lowest BCUT2D eigenvalue weighted by molar-refractivity contribution is -0.154. The summed E-state index contributed by atoms with van der Waals surface area (Å²) in [5, 5.41) is 3.31. The predicted octanol–water partition coefficient (Wildman–Crippen LogP) is 2.30. The smallest absolute Gasteiger partial charge is 0.227 e. The van der Waals surface area contributed by atoms with E-state index >= 15 is 0 Å². The topological polar surface area (TPSA) is 67.9 Å². The fourth-order valence-electron chi connectivity index (χ4n) is 4.85. The van der Waals surface area contributed by atoms with Gasteiger partial charge in [-0.2, -0.15) is 0 Å². The van der Waals surface area contributed by atoms with Gasteiger partial charge in [-0.15, -0.1) is 0 Å². The van der Waals surface area contributed by atoms with E-state index in [1.54, 1.807) is 14.2 Å². The van der Waals surface area contributed by atoms with E-state index in [0.717, 1.165) is 49.8 Å². The van der Waals surface area contributed by atoms with Crippen molar-refractivity contribution in [3.63, 3.8) is 0 Å². The molecule has 3 aliphatic rings. The van der Waals surface area contributed by atoms with Crippen LogP contribution in [0.25, 0.3) is 0 Å². The Labute approximate surface area is 166 Å². The monoisotopic (exact) mass is 386 g/mol. The maximum atomic E-state index is 12.8. The van der Waals surface area contributed by atoms with Gasteiger partial charge in [-0.1, -0.05) is 25.0 Å². The summed E-state index contributed by atoms with van der Waals surface area (Å²) in [4.78, 5) is 27.4. The zero-order valence-electron chi connectivity index (χ0n) is 16.8. The van der Waals surface area contributed by atoms with Crippen LogP contribution >= 0.6 is 0 Å². The molecule has 6 nitrogen and oxygen atoms in total. The van der Waals surface area contributed by atoms with Crippen LogP contribution in [-0.2, 0) is 20.7 Å². The summed E-state index contributed by atoms with van der Waals surface area (Å²) in [5.41, 5.74) is 0.184. The third-order valence-electron chi connectivity index (χ3n) is 6.82. The summed E-state index contributed by atoms with van der Waals surface area (Å²) in [6.07, 6.45) is 6.42. The fraction of sp³-hybridized carbons (Fsp3) is 0.636. The molecular formula is C22H30N2O4. The Morgan fingerprint density at radius 2 is 1.89 bits per heavy atom. The molecule has 0 aromatic heterocycles. The average Bonchev–Trinajstić information content (AvgIpc) is 3.28. The van der Waals surface area contributed by atoms with Gasteiger partial charge in [-0.3, -0.25) is 9.59 Å². The van der Waals surface area contributed by atoms with Crippen LogP contribution in [0.5, 0.6) is 5.75 Å². The molecule has 1 aromatic rings. The largest absolute Gasteiger partial charge is 0.497 e. The average molecular weight is 386 g/mol. The van der Waals surface area contributed by atoms with Gasteiger partial charge in [0.05, 0.1) is 19.1 Å². The van der Waals surface area contributed by atoms with E-state index in [1.807, 2.05) is 29.2 Å².